The predicted octanol–water partition coefficient (Wildman–Crippen LogP) is 2.43. The summed E-state index contributed by atoms with van der Waals surface area (Å²) in [7, 11) is 0. The molecule has 0 bridgehead atoms. The summed E-state index contributed by atoms with van der Waals surface area (Å²) in [5.74, 6) is 1.75. The first-order valence-corrected chi connectivity index (χ1v) is 6.15. The highest BCUT2D eigenvalue weighted by Crippen LogP contribution is 2.32. The Labute approximate surface area is 112 Å². The number of benzene rings is 1. The van der Waals surface area contributed by atoms with E-state index >= 15 is 0 Å². The average Bonchev–Trinajstić information content (AvgIpc) is 2.43. The van der Waals surface area contributed by atoms with Crippen molar-refractivity contribution in [2.45, 2.75) is 20.4 Å². The second-order valence-electron chi connectivity index (χ2n) is 3.97. The molecule has 1 heterocycles. The zero-order chi connectivity index (χ0) is 13.7. The van der Waals surface area contributed by atoms with E-state index in [9.17, 15) is 0 Å². The quantitative estimate of drug-likeness (QED) is 0.893. The van der Waals surface area contributed by atoms with Crippen LogP contribution in [-0.2, 0) is 6.54 Å². The standard InChI is InChI=1S/C14H17N3O2/c1-3-18-13-8-11(9-15)4-5-12(13)19-14-10(2)16-6-7-17-14/h4-8H,3,9,15H2,1-2H3. The Balaban J connectivity index is 2.31. The molecule has 0 fully saturated rings. The average molecular weight is 259 g/mol. The van der Waals surface area contributed by atoms with E-state index in [0.29, 0.717) is 30.5 Å². The second kappa shape index (κ2) is 6.15. The first kappa shape index (κ1) is 13.3. The van der Waals surface area contributed by atoms with Crippen molar-refractivity contribution in [3.63, 3.8) is 0 Å². The number of aromatic nitrogens is 2. The van der Waals surface area contributed by atoms with Crippen LogP contribution < -0.4 is 15.2 Å². The maximum absolute atomic E-state index is 5.75. The van der Waals surface area contributed by atoms with Crippen LogP contribution in [0.3, 0.4) is 0 Å². The van der Waals surface area contributed by atoms with Crippen molar-refractivity contribution in [1.29, 1.82) is 0 Å². The molecule has 1 aromatic carbocycles. The first-order valence-electron chi connectivity index (χ1n) is 6.15. The molecule has 0 aliphatic rings. The molecule has 5 nitrogen and oxygen atoms in total. The zero-order valence-electron chi connectivity index (χ0n) is 11.1. The lowest BCUT2D eigenvalue weighted by molar-refractivity contribution is 0.318. The minimum Gasteiger partial charge on any atom is -0.490 e. The molecule has 0 radical (unpaired) electrons. The number of hydrogen-bond acceptors (Lipinski definition) is 5. The Morgan fingerprint density at radius 2 is 1.95 bits per heavy atom. The predicted molar refractivity (Wildman–Crippen MR) is 72.3 cm³/mol. The van der Waals surface area contributed by atoms with Gasteiger partial charge in [-0.05, 0) is 31.5 Å². The van der Waals surface area contributed by atoms with Gasteiger partial charge >= 0.3 is 0 Å². The Morgan fingerprint density at radius 3 is 2.63 bits per heavy atom. The normalized spacial score (nSPS) is 10.3. The topological polar surface area (TPSA) is 70.3 Å². The number of ether oxygens (including phenoxy) is 2. The summed E-state index contributed by atoms with van der Waals surface area (Å²) in [5, 5.41) is 0. The summed E-state index contributed by atoms with van der Waals surface area (Å²) in [4.78, 5) is 8.29. The van der Waals surface area contributed by atoms with E-state index in [1.54, 1.807) is 12.4 Å². The van der Waals surface area contributed by atoms with Crippen molar-refractivity contribution in [1.82, 2.24) is 9.97 Å². The van der Waals surface area contributed by atoms with Crippen LogP contribution in [0.5, 0.6) is 17.4 Å². The molecule has 0 saturated heterocycles. The van der Waals surface area contributed by atoms with Crippen LogP contribution in [0.2, 0.25) is 0 Å². The van der Waals surface area contributed by atoms with E-state index in [0.717, 1.165) is 11.3 Å². The highest BCUT2D eigenvalue weighted by Gasteiger charge is 2.10. The fraction of sp³-hybridized carbons (Fsp3) is 0.286. The van der Waals surface area contributed by atoms with Crippen LogP contribution in [0, 0.1) is 6.92 Å². The summed E-state index contributed by atoms with van der Waals surface area (Å²) < 4.78 is 11.3. The molecule has 0 saturated carbocycles. The Bertz CT molecular complexity index is 558. The van der Waals surface area contributed by atoms with E-state index in [-0.39, 0.29) is 0 Å². The molecule has 5 heteroatoms. The number of nitrogens with two attached hydrogens (primary N) is 1. The van der Waals surface area contributed by atoms with Crippen molar-refractivity contribution >= 4 is 0 Å². The third-order valence-electron chi connectivity index (χ3n) is 2.59. The van der Waals surface area contributed by atoms with Gasteiger partial charge < -0.3 is 15.2 Å². The molecule has 2 aromatic rings. The second-order valence-corrected chi connectivity index (χ2v) is 3.97. The third kappa shape index (κ3) is 3.20. The zero-order valence-corrected chi connectivity index (χ0v) is 11.1. The Hall–Kier alpha value is -2.14. The molecule has 2 N–H and O–H groups in total. The van der Waals surface area contributed by atoms with Gasteiger partial charge in [0.2, 0.25) is 5.88 Å². The van der Waals surface area contributed by atoms with Crippen molar-refractivity contribution in [2.75, 3.05) is 6.61 Å². The monoisotopic (exact) mass is 259 g/mol. The first-order chi connectivity index (χ1) is 9.24. The number of rotatable bonds is 5. The van der Waals surface area contributed by atoms with Gasteiger partial charge in [0.15, 0.2) is 11.5 Å². The fourth-order valence-corrected chi connectivity index (χ4v) is 1.63. The van der Waals surface area contributed by atoms with Gasteiger partial charge in [0.05, 0.1) is 12.3 Å². The maximum Gasteiger partial charge on any atom is 0.241 e. The maximum atomic E-state index is 5.75. The van der Waals surface area contributed by atoms with Crippen molar-refractivity contribution in [2.24, 2.45) is 5.73 Å². The minimum atomic E-state index is 0.463. The SMILES string of the molecule is CCOc1cc(CN)ccc1Oc1nccnc1C. The van der Waals surface area contributed by atoms with Gasteiger partial charge in [-0.1, -0.05) is 6.07 Å². The number of aryl methyl sites for hydroxylation is 1. The lowest BCUT2D eigenvalue weighted by Gasteiger charge is -2.12. The molecule has 0 aliphatic carbocycles. The van der Waals surface area contributed by atoms with Crippen molar-refractivity contribution < 1.29 is 9.47 Å². The van der Waals surface area contributed by atoms with E-state index in [4.69, 9.17) is 15.2 Å². The molecular formula is C14H17N3O2. The van der Waals surface area contributed by atoms with Crippen molar-refractivity contribution in [3.8, 4) is 17.4 Å². The molecule has 0 unspecified atom stereocenters. The molecule has 19 heavy (non-hydrogen) atoms. The highest BCUT2D eigenvalue weighted by atomic mass is 16.5. The third-order valence-corrected chi connectivity index (χ3v) is 2.59. The van der Waals surface area contributed by atoms with E-state index in [1.165, 1.54) is 0 Å². The number of nitrogens with zero attached hydrogens (tertiary/aromatic N) is 2. The molecule has 100 valence electrons. The lowest BCUT2D eigenvalue weighted by Crippen LogP contribution is -2.01. The van der Waals surface area contributed by atoms with Crippen LogP contribution in [-0.4, -0.2) is 16.6 Å². The molecule has 0 spiro atoms. The molecule has 2 rings (SSSR count). The number of hydrogen-bond donors (Lipinski definition) is 1. The molecule has 1 aromatic heterocycles. The summed E-state index contributed by atoms with van der Waals surface area (Å²) in [5.41, 5.74) is 7.34. The van der Waals surface area contributed by atoms with Gasteiger partial charge in [0, 0.05) is 18.9 Å². The van der Waals surface area contributed by atoms with E-state index < -0.39 is 0 Å². The van der Waals surface area contributed by atoms with Gasteiger partial charge in [-0.25, -0.2) is 4.98 Å². The van der Waals surface area contributed by atoms with Gasteiger partial charge in [0.1, 0.15) is 0 Å². The summed E-state index contributed by atoms with van der Waals surface area (Å²) in [6, 6.07) is 5.62. The summed E-state index contributed by atoms with van der Waals surface area (Å²) in [6.07, 6.45) is 3.22. The van der Waals surface area contributed by atoms with Crippen LogP contribution >= 0.6 is 0 Å². The largest absolute Gasteiger partial charge is 0.490 e. The van der Waals surface area contributed by atoms with Crippen LogP contribution in [0.25, 0.3) is 0 Å². The van der Waals surface area contributed by atoms with Gasteiger partial charge in [-0.15, -0.1) is 0 Å². The molecule has 0 atom stereocenters. The highest BCUT2D eigenvalue weighted by molar-refractivity contribution is 5.45. The van der Waals surface area contributed by atoms with Gasteiger partial charge in [-0.2, -0.15) is 0 Å². The Morgan fingerprint density at radius 1 is 1.16 bits per heavy atom. The van der Waals surface area contributed by atoms with Crippen LogP contribution in [0.1, 0.15) is 18.2 Å². The van der Waals surface area contributed by atoms with E-state index in [1.807, 2.05) is 32.0 Å². The molecular weight excluding hydrogens is 242 g/mol. The molecule has 0 aliphatic heterocycles. The Kier molecular flexibility index (Phi) is 4.30. The van der Waals surface area contributed by atoms with Gasteiger partial charge in [-0.3, -0.25) is 4.98 Å². The smallest absolute Gasteiger partial charge is 0.241 e. The van der Waals surface area contributed by atoms with Crippen LogP contribution in [0.4, 0.5) is 0 Å². The van der Waals surface area contributed by atoms with Crippen LogP contribution in [0.15, 0.2) is 30.6 Å². The minimum absolute atomic E-state index is 0.463. The fourth-order valence-electron chi connectivity index (χ4n) is 1.63. The molecule has 0 amide bonds. The lowest BCUT2D eigenvalue weighted by atomic mass is 10.2. The van der Waals surface area contributed by atoms with E-state index in [2.05, 4.69) is 9.97 Å². The van der Waals surface area contributed by atoms with Gasteiger partial charge in [0.25, 0.3) is 0 Å². The summed E-state index contributed by atoms with van der Waals surface area (Å²) in [6.45, 7) is 4.79. The summed E-state index contributed by atoms with van der Waals surface area (Å²) >= 11 is 0. The van der Waals surface area contributed by atoms with Crippen molar-refractivity contribution in [3.05, 3.63) is 41.9 Å².